The van der Waals surface area contributed by atoms with E-state index in [0.717, 1.165) is 10.4 Å². The summed E-state index contributed by atoms with van der Waals surface area (Å²) in [5.41, 5.74) is 2.58. The summed E-state index contributed by atoms with van der Waals surface area (Å²) in [6.45, 7) is 0. The van der Waals surface area contributed by atoms with E-state index in [4.69, 9.17) is 11.6 Å². The smallest absolute Gasteiger partial charge is 0.0426 e. The first-order valence-corrected chi connectivity index (χ1v) is 6.79. The molecule has 0 radical (unpaired) electrons. The largest absolute Gasteiger partial charge is 0.371 e. The second kappa shape index (κ2) is 4.75. The van der Waals surface area contributed by atoms with Crippen LogP contribution in [-0.4, -0.2) is 13.1 Å². The standard InChI is InChI=1S/C12H15BrClN/c1-15(11-3-2-4-11)12-7-10(14)6-5-9(12)8-13/h5-7,11H,2-4,8H2,1H3. The molecule has 0 bridgehead atoms. The predicted molar refractivity (Wildman–Crippen MR) is 70.1 cm³/mol. The summed E-state index contributed by atoms with van der Waals surface area (Å²) in [4.78, 5) is 2.37. The fourth-order valence-corrected chi connectivity index (χ4v) is 2.59. The van der Waals surface area contributed by atoms with Gasteiger partial charge in [-0.2, -0.15) is 0 Å². The van der Waals surface area contributed by atoms with Crippen molar-refractivity contribution in [2.45, 2.75) is 30.6 Å². The normalized spacial score (nSPS) is 16.2. The first kappa shape index (κ1) is 11.3. The van der Waals surface area contributed by atoms with E-state index in [1.54, 1.807) is 0 Å². The van der Waals surface area contributed by atoms with Gasteiger partial charge in [0.05, 0.1) is 0 Å². The molecule has 0 atom stereocenters. The van der Waals surface area contributed by atoms with Gasteiger partial charge in [-0.3, -0.25) is 0 Å². The number of alkyl halides is 1. The van der Waals surface area contributed by atoms with E-state index < -0.39 is 0 Å². The maximum atomic E-state index is 6.04. The van der Waals surface area contributed by atoms with Crippen molar-refractivity contribution >= 4 is 33.2 Å². The van der Waals surface area contributed by atoms with Crippen molar-refractivity contribution in [2.24, 2.45) is 0 Å². The van der Waals surface area contributed by atoms with Crippen molar-refractivity contribution in [3.63, 3.8) is 0 Å². The molecule has 0 amide bonds. The van der Waals surface area contributed by atoms with Crippen LogP contribution in [0, 0.1) is 0 Å². The number of rotatable bonds is 3. The summed E-state index contributed by atoms with van der Waals surface area (Å²) < 4.78 is 0. The zero-order valence-corrected chi connectivity index (χ0v) is 11.2. The molecule has 0 aliphatic heterocycles. The Balaban J connectivity index is 2.27. The van der Waals surface area contributed by atoms with E-state index in [9.17, 15) is 0 Å². The van der Waals surface area contributed by atoms with Crippen molar-refractivity contribution in [3.8, 4) is 0 Å². The van der Waals surface area contributed by atoms with Crippen molar-refractivity contribution in [3.05, 3.63) is 28.8 Å². The average molecular weight is 289 g/mol. The summed E-state index contributed by atoms with van der Waals surface area (Å²) in [5.74, 6) is 0. The maximum Gasteiger partial charge on any atom is 0.0426 e. The van der Waals surface area contributed by atoms with E-state index in [0.29, 0.717) is 6.04 Å². The number of anilines is 1. The Morgan fingerprint density at radius 2 is 2.20 bits per heavy atom. The molecule has 0 heterocycles. The number of hydrogen-bond acceptors (Lipinski definition) is 1. The van der Waals surface area contributed by atoms with E-state index in [1.165, 1.54) is 30.5 Å². The van der Waals surface area contributed by atoms with Gasteiger partial charge in [0.25, 0.3) is 0 Å². The van der Waals surface area contributed by atoms with Crippen molar-refractivity contribution in [1.29, 1.82) is 0 Å². The van der Waals surface area contributed by atoms with Crippen molar-refractivity contribution in [1.82, 2.24) is 0 Å². The Morgan fingerprint density at radius 1 is 1.47 bits per heavy atom. The first-order valence-electron chi connectivity index (χ1n) is 5.29. The van der Waals surface area contributed by atoms with Gasteiger partial charge < -0.3 is 4.90 Å². The molecule has 82 valence electrons. The van der Waals surface area contributed by atoms with Gasteiger partial charge in [-0.25, -0.2) is 0 Å². The third-order valence-electron chi connectivity index (χ3n) is 3.19. The Morgan fingerprint density at radius 3 is 2.73 bits per heavy atom. The van der Waals surface area contributed by atoms with Gasteiger partial charge in [0.15, 0.2) is 0 Å². The number of hydrogen-bond donors (Lipinski definition) is 0. The molecule has 0 saturated heterocycles. The molecule has 15 heavy (non-hydrogen) atoms. The Labute approximate surface area is 105 Å². The summed E-state index contributed by atoms with van der Waals surface area (Å²) in [5, 5.41) is 1.71. The molecular formula is C12H15BrClN. The molecule has 1 aliphatic carbocycles. The van der Waals surface area contributed by atoms with Gasteiger partial charge in [0.1, 0.15) is 0 Å². The van der Waals surface area contributed by atoms with Crippen LogP contribution in [0.15, 0.2) is 18.2 Å². The van der Waals surface area contributed by atoms with Crippen LogP contribution in [0.4, 0.5) is 5.69 Å². The molecule has 0 unspecified atom stereocenters. The molecule has 0 spiro atoms. The second-order valence-electron chi connectivity index (χ2n) is 4.10. The molecule has 2 rings (SSSR count). The zero-order chi connectivity index (χ0) is 10.8. The summed E-state index contributed by atoms with van der Waals surface area (Å²) in [7, 11) is 2.17. The highest BCUT2D eigenvalue weighted by Crippen LogP contribution is 2.32. The van der Waals surface area contributed by atoms with Gasteiger partial charge in [-0.15, -0.1) is 0 Å². The van der Waals surface area contributed by atoms with Crippen LogP contribution >= 0.6 is 27.5 Å². The van der Waals surface area contributed by atoms with Crippen LogP contribution in [-0.2, 0) is 5.33 Å². The first-order chi connectivity index (χ1) is 7.22. The van der Waals surface area contributed by atoms with Gasteiger partial charge in [-0.05, 0) is 37.0 Å². The maximum absolute atomic E-state index is 6.04. The van der Waals surface area contributed by atoms with Gasteiger partial charge in [0.2, 0.25) is 0 Å². The molecule has 1 aliphatic rings. The van der Waals surface area contributed by atoms with Gasteiger partial charge >= 0.3 is 0 Å². The van der Waals surface area contributed by atoms with E-state index in [2.05, 4.69) is 40.0 Å². The Bertz CT molecular complexity index is 349. The van der Waals surface area contributed by atoms with E-state index in [-0.39, 0.29) is 0 Å². The number of nitrogens with zero attached hydrogens (tertiary/aromatic N) is 1. The second-order valence-corrected chi connectivity index (χ2v) is 5.10. The minimum Gasteiger partial charge on any atom is -0.371 e. The monoisotopic (exact) mass is 287 g/mol. The fourth-order valence-electron chi connectivity index (χ4n) is 1.95. The third-order valence-corrected chi connectivity index (χ3v) is 4.03. The molecule has 1 aromatic rings. The Kier molecular flexibility index (Phi) is 3.57. The number of benzene rings is 1. The number of halogens is 2. The highest BCUT2D eigenvalue weighted by Gasteiger charge is 2.23. The molecular weight excluding hydrogens is 273 g/mol. The Hall–Kier alpha value is -0.210. The van der Waals surface area contributed by atoms with Crippen molar-refractivity contribution < 1.29 is 0 Å². The van der Waals surface area contributed by atoms with E-state index >= 15 is 0 Å². The zero-order valence-electron chi connectivity index (χ0n) is 8.84. The predicted octanol–water partition coefficient (Wildman–Crippen LogP) is 4.22. The van der Waals surface area contributed by atoms with Gasteiger partial charge in [0, 0.05) is 29.1 Å². The van der Waals surface area contributed by atoms with E-state index in [1.807, 2.05) is 6.07 Å². The van der Waals surface area contributed by atoms with Crippen molar-refractivity contribution in [2.75, 3.05) is 11.9 Å². The molecule has 1 nitrogen and oxygen atoms in total. The van der Waals surface area contributed by atoms with Crippen LogP contribution in [0.5, 0.6) is 0 Å². The topological polar surface area (TPSA) is 3.24 Å². The third kappa shape index (κ3) is 2.31. The van der Waals surface area contributed by atoms with Crippen LogP contribution in [0.25, 0.3) is 0 Å². The van der Waals surface area contributed by atoms with Crippen LogP contribution in [0.1, 0.15) is 24.8 Å². The molecule has 0 aromatic heterocycles. The quantitative estimate of drug-likeness (QED) is 0.753. The van der Waals surface area contributed by atoms with Gasteiger partial charge in [-0.1, -0.05) is 33.6 Å². The lowest BCUT2D eigenvalue weighted by atomic mass is 9.91. The van der Waals surface area contributed by atoms with Crippen LogP contribution in [0.3, 0.4) is 0 Å². The lowest BCUT2D eigenvalue weighted by Gasteiger charge is -2.37. The highest BCUT2D eigenvalue weighted by atomic mass is 79.9. The van der Waals surface area contributed by atoms with Crippen LogP contribution < -0.4 is 4.90 Å². The lowest BCUT2D eigenvalue weighted by Crippen LogP contribution is -2.37. The summed E-state index contributed by atoms with van der Waals surface area (Å²) >= 11 is 9.56. The molecule has 1 saturated carbocycles. The summed E-state index contributed by atoms with van der Waals surface area (Å²) in [6, 6.07) is 6.83. The molecule has 1 fully saturated rings. The summed E-state index contributed by atoms with van der Waals surface area (Å²) in [6.07, 6.45) is 3.98. The highest BCUT2D eigenvalue weighted by molar-refractivity contribution is 9.08. The molecule has 0 N–H and O–H groups in total. The minimum atomic E-state index is 0.710. The lowest BCUT2D eigenvalue weighted by molar-refractivity contribution is 0.401. The minimum absolute atomic E-state index is 0.710. The SMILES string of the molecule is CN(c1cc(Cl)ccc1CBr)C1CCC1. The van der Waals surface area contributed by atoms with Crippen LogP contribution in [0.2, 0.25) is 5.02 Å². The fraction of sp³-hybridized carbons (Fsp3) is 0.500. The average Bonchev–Trinajstić information content (AvgIpc) is 2.15. The molecule has 3 heteroatoms. The molecule has 1 aromatic carbocycles.